The van der Waals surface area contributed by atoms with Gasteiger partial charge in [-0.05, 0) is 54.4 Å². The number of sulfonamides is 1. The van der Waals surface area contributed by atoms with Gasteiger partial charge in [0.05, 0.1) is 4.90 Å². The number of benzene rings is 2. The van der Waals surface area contributed by atoms with E-state index in [-0.39, 0.29) is 4.90 Å². The van der Waals surface area contributed by atoms with E-state index in [9.17, 15) is 8.42 Å². The molecule has 0 bridgehead atoms. The minimum absolute atomic E-state index is 0.215. The summed E-state index contributed by atoms with van der Waals surface area (Å²) in [6, 6.07) is 16.8. The molecular weight excluding hydrogens is 402 g/mol. The minimum atomic E-state index is -3.66. The Morgan fingerprint density at radius 2 is 1.80 bits per heavy atom. The number of nitrogens with one attached hydrogen (secondary N) is 1. The van der Waals surface area contributed by atoms with E-state index in [2.05, 4.69) is 19.8 Å². The molecule has 30 heavy (non-hydrogen) atoms. The molecule has 8 nitrogen and oxygen atoms in total. The molecule has 2 aromatic heterocycles. The predicted molar refractivity (Wildman–Crippen MR) is 112 cm³/mol. The molecule has 0 aliphatic carbocycles. The molecule has 0 fully saturated rings. The van der Waals surface area contributed by atoms with E-state index < -0.39 is 10.0 Å². The van der Waals surface area contributed by atoms with Gasteiger partial charge in [-0.1, -0.05) is 19.1 Å². The predicted octanol–water partition coefficient (Wildman–Crippen LogP) is 3.82. The van der Waals surface area contributed by atoms with Crippen molar-refractivity contribution in [2.24, 2.45) is 0 Å². The van der Waals surface area contributed by atoms with Gasteiger partial charge in [-0.25, -0.2) is 23.1 Å². The Bertz CT molecular complexity index is 1220. The lowest BCUT2D eigenvalue weighted by Crippen LogP contribution is -2.12. The Morgan fingerprint density at radius 3 is 2.47 bits per heavy atom. The van der Waals surface area contributed by atoms with Crippen molar-refractivity contribution in [2.45, 2.75) is 18.2 Å². The largest absolute Gasteiger partial charge is 0.439 e. The lowest BCUT2D eigenvalue weighted by molar-refractivity contribution is 0.460. The molecule has 0 radical (unpaired) electrons. The molecule has 0 unspecified atom stereocenters. The number of ether oxygens (including phenoxy) is 1. The van der Waals surface area contributed by atoms with E-state index in [1.807, 2.05) is 19.1 Å². The van der Waals surface area contributed by atoms with Crippen LogP contribution >= 0.6 is 0 Å². The van der Waals surface area contributed by atoms with Gasteiger partial charge in [0.2, 0.25) is 5.88 Å². The summed E-state index contributed by atoms with van der Waals surface area (Å²) in [5, 5.41) is 4.12. The molecule has 0 saturated heterocycles. The number of hydrogen-bond acceptors (Lipinski definition) is 6. The summed E-state index contributed by atoms with van der Waals surface area (Å²) in [5.41, 5.74) is 1.51. The molecule has 0 atom stereocenters. The van der Waals surface area contributed by atoms with Crippen LogP contribution in [0.5, 0.6) is 11.6 Å². The van der Waals surface area contributed by atoms with Crippen LogP contribution < -0.4 is 9.46 Å². The second-order valence-corrected chi connectivity index (χ2v) is 8.08. The molecule has 0 amide bonds. The van der Waals surface area contributed by atoms with Crippen LogP contribution in [0.2, 0.25) is 0 Å². The van der Waals surface area contributed by atoms with Gasteiger partial charge < -0.3 is 4.74 Å². The lowest BCUT2D eigenvalue weighted by atomic mass is 10.2. The zero-order chi connectivity index (χ0) is 21.0. The molecule has 2 aromatic carbocycles. The molecule has 152 valence electrons. The van der Waals surface area contributed by atoms with Crippen LogP contribution in [0.1, 0.15) is 12.5 Å². The third kappa shape index (κ3) is 4.47. The second-order valence-electron chi connectivity index (χ2n) is 6.39. The molecule has 1 N–H and O–H groups in total. The van der Waals surface area contributed by atoms with Crippen molar-refractivity contribution in [3.63, 3.8) is 0 Å². The van der Waals surface area contributed by atoms with Gasteiger partial charge in [-0.15, -0.1) is 0 Å². The first-order valence-corrected chi connectivity index (χ1v) is 10.7. The molecule has 0 saturated carbocycles. The van der Waals surface area contributed by atoms with Gasteiger partial charge in [0, 0.05) is 24.1 Å². The van der Waals surface area contributed by atoms with Crippen molar-refractivity contribution < 1.29 is 13.2 Å². The summed E-state index contributed by atoms with van der Waals surface area (Å²) in [5.74, 6) is 1.43. The fraction of sp³-hybridized carbons (Fsp3) is 0.0952. The van der Waals surface area contributed by atoms with E-state index in [4.69, 9.17) is 4.74 Å². The van der Waals surface area contributed by atoms with Crippen LogP contribution in [0.15, 0.2) is 84.3 Å². The average molecular weight is 421 g/mol. The summed E-state index contributed by atoms with van der Waals surface area (Å²) in [7, 11) is -3.66. The number of rotatable bonds is 7. The first-order chi connectivity index (χ1) is 14.5. The first kappa shape index (κ1) is 19.6. The third-order valence-corrected chi connectivity index (χ3v) is 5.73. The number of hydrogen-bond donors (Lipinski definition) is 1. The van der Waals surface area contributed by atoms with E-state index in [0.29, 0.717) is 23.1 Å². The number of nitrogens with zero attached hydrogens (tertiary/aromatic N) is 4. The number of aromatic nitrogens is 4. The maximum Gasteiger partial charge on any atom is 0.261 e. The van der Waals surface area contributed by atoms with Gasteiger partial charge in [0.25, 0.3) is 10.0 Å². The minimum Gasteiger partial charge on any atom is -0.439 e. The van der Waals surface area contributed by atoms with E-state index in [1.54, 1.807) is 65.6 Å². The van der Waals surface area contributed by atoms with Gasteiger partial charge in [-0.2, -0.15) is 5.10 Å². The molecule has 2 heterocycles. The molecule has 4 rings (SSSR count). The number of anilines is 1. The van der Waals surface area contributed by atoms with E-state index in [1.165, 1.54) is 6.33 Å². The van der Waals surface area contributed by atoms with Crippen LogP contribution in [0.3, 0.4) is 0 Å². The summed E-state index contributed by atoms with van der Waals surface area (Å²) in [6.07, 6.45) is 5.66. The first-order valence-electron chi connectivity index (χ1n) is 9.25. The Kier molecular flexibility index (Phi) is 5.44. The van der Waals surface area contributed by atoms with Crippen molar-refractivity contribution in [2.75, 3.05) is 4.72 Å². The highest BCUT2D eigenvalue weighted by atomic mass is 32.2. The Morgan fingerprint density at radius 1 is 1.03 bits per heavy atom. The molecule has 0 aliphatic heterocycles. The summed E-state index contributed by atoms with van der Waals surface area (Å²) >= 11 is 0. The second kappa shape index (κ2) is 8.34. The molecular formula is C21H19N5O3S. The zero-order valence-electron chi connectivity index (χ0n) is 16.1. The van der Waals surface area contributed by atoms with Crippen molar-refractivity contribution in [3.05, 3.63) is 84.9 Å². The third-order valence-electron chi connectivity index (χ3n) is 4.34. The normalized spacial score (nSPS) is 11.2. The zero-order valence-corrected chi connectivity index (χ0v) is 17.0. The highest BCUT2D eigenvalue weighted by Gasteiger charge is 2.14. The topological polar surface area (TPSA) is 99.0 Å². The summed E-state index contributed by atoms with van der Waals surface area (Å²) in [4.78, 5) is 8.46. The summed E-state index contributed by atoms with van der Waals surface area (Å²) in [6.45, 7) is 2.02. The highest BCUT2D eigenvalue weighted by molar-refractivity contribution is 7.92. The van der Waals surface area contributed by atoms with Crippen LogP contribution in [0.25, 0.3) is 5.82 Å². The van der Waals surface area contributed by atoms with Gasteiger partial charge in [0.15, 0.2) is 5.82 Å². The Hall–Kier alpha value is -3.72. The Labute approximate surface area is 174 Å². The van der Waals surface area contributed by atoms with Crippen molar-refractivity contribution in [1.82, 2.24) is 19.7 Å². The van der Waals surface area contributed by atoms with Gasteiger partial charge in [0.1, 0.15) is 12.1 Å². The van der Waals surface area contributed by atoms with Crippen LogP contribution in [0.4, 0.5) is 5.69 Å². The van der Waals surface area contributed by atoms with Crippen LogP contribution in [-0.2, 0) is 16.4 Å². The van der Waals surface area contributed by atoms with Crippen LogP contribution in [-0.4, -0.2) is 28.2 Å². The number of aryl methyl sites for hydroxylation is 1. The van der Waals surface area contributed by atoms with Crippen molar-refractivity contribution in [3.8, 4) is 17.4 Å². The lowest BCUT2D eigenvalue weighted by Gasteiger charge is -2.10. The highest BCUT2D eigenvalue weighted by Crippen LogP contribution is 2.24. The van der Waals surface area contributed by atoms with E-state index in [0.717, 1.165) is 12.0 Å². The molecule has 0 spiro atoms. The maximum absolute atomic E-state index is 12.6. The fourth-order valence-corrected chi connectivity index (χ4v) is 3.80. The van der Waals surface area contributed by atoms with Crippen molar-refractivity contribution in [1.29, 1.82) is 0 Å². The average Bonchev–Trinajstić information content (AvgIpc) is 3.30. The summed E-state index contributed by atoms with van der Waals surface area (Å²) < 4.78 is 35.0. The Balaban J connectivity index is 1.46. The SMILES string of the molecule is CCc1ccc(S(=O)(=O)Nc2ccc(Oc3cc(-n4cccn4)ncn3)cc2)cc1. The monoisotopic (exact) mass is 421 g/mol. The molecule has 9 heteroatoms. The van der Waals surface area contributed by atoms with E-state index >= 15 is 0 Å². The van der Waals surface area contributed by atoms with Crippen LogP contribution in [0, 0.1) is 0 Å². The quantitative estimate of drug-likeness (QED) is 0.487. The van der Waals surface area contributed by atoms with Gasteiger partial charge in [-0.3, -0.25) is 4.72 Å². The molecule has 0 aliphatic rings. The molecule has 4 aromatic rings. The standard InChI is InChI=1S/C21H19N5O3S/c1-2-16-4-10-19(11-5-16)30(27,28)25-17-6-8-18(9-7-17)29-21-14-20(22-15-23-21)26-13-3-12-24-26/h3-15,25H,2H2,1H3. The maximum atomic E-state index is 12.6. The van der Waals surface area contributed by atoms with Gasteiger partial charge >= 0.3 is 0 Å². The fourth-order valence-electron chi connectivity index (χ4n) is 2.75. The van der Waals surface area contributed by atoms with Crippen molar-refractivity contribution >= 4 is 15.7 Å². The smallest absolute Gasteiger partial charge is 0.261 e.